The minimum Gasteiger partial charge on any atom is -0.444 e. The van der Waals surface area contributed by atoms with E-state index < -0.39 is 23.7 Å². The number of nitrogens with one attached hydrogen (secondary N) is 3. The lowest BCUT2D eigenvalue weighted by Crippen LogP contribution is -2.43. The van der Waals surface area contributed by atoms with Crippen molar-refractivity contribution in [3.05, 3.63) is 35.9 Å². The number of aliphatic hydroxyl groups is 1. The van der Waals surface area contributed by atoms with Crippen LogP contribution in [0.2, 0.25) is 0 Å². The van der Waals surface area contributed by atoms with Crippen LogP contribution in [0.25, 0.3) is 0 Å². The molecule has 198 valence electrons. The summed E-state index contributed by atoms with van der Waals surface area (Å²) < 4.78 is 5.34. The molecule has 8 heteroatoms. The minimum atomic E-state index is -0.765. The molecule has 3 amide bonds. The van der Waals surface area contributed by atoms with Crippen molar-refractivity contribution in [2.24, 2.45) is 11.8 Å². The van der Waals surface area contributed by atoms with Gasteiger partial charge in [0.05, 0.1) is 6.10 Å². The van der Waals surface area contributed by atoms with Gasteiger partial charge in [-0.2, -0.15) is 0 Å². The summed E-state index contributed by atoms with van der Waals surface area (Å²) in [6.45, 7) is 13.5. The Hall–Kier alpha value is -2.61. The molecule has 0 aliphatic rings. The lowest BCUT2D eigenvalue weighted by molar-refractivity contribution is -0.126. The minimum absolute atomic E-state index is 0.140. The summed E-state index contributed by atoms with van der Waals surface area (Å²) in [6, 6.07) is 9.03. The highest BCUT2D eigenvalue weighted by atomic mass is 16.6. The van der Waals surface area contributed by atoms with Gasteiger partial charge in [-0.25, -0.2) is 4.79 Å². The van der Waals surface area contributed by atoms with Gasteiger partial charge in [0.25, 0.3) is 0 Å². The van der Waals surface area contributed by atoms with Gasteiger partial charge in [-0.05, 0) is 58.4 Å². The number of carbonyl (C=O) groups excluding carboxylic acids is 3. The van der Waals surface area contributed by atoms with Gasteiger partial charge >= 0.3 is 6.09 Å². The maximum Gasteiger partial charge on any atom is 0.407 e. The zero-order chi connectivity index (χ0) is 26.6. The summed E-state index contributed by atoms with van der Waals surface area (Å²) in [7, 11) is 0. The van der Waals surface area contributed by atoms with E-state index >= 15 is 0 Å². The molecule has 1 unspecified atom stereocenters. The monoisotopic (exact) mass is 491 g/mol. The van der Waals surface area contributed by atoms with Crippen LogP contribution in [-0.4, -0.2) is 46.8 Å². The molecular weight excluding hydrogens is 446 g/mol. The van der Waals surface area contributed by atoms with Crippen LogP contribution in [0.4, 0.5) is 4.79 Å². The van der Waals surface area contributed by atoms with Gasteiger partial charge in [0.1, 0.15) is 5.60 Å². The topological polar surface area (TPSA) is 117 Å². The maximum atomic E-state index is 12.6. The maximum absolute atomic E-state index is 12.6. The molecule has 1 rings (SSSR count). The van der Waals surface area contributed by atoms with Crippen LogP contribution < -0.4 is 16.0 Å². The molecular formula is C27H45N3O5. The van der Waals surface area contributed by atoms with E-state index in [-0.39, 0.29) is 36.7 Å². The van der Waals surface area contributed by atoms with E-state index in [9.17, 15) is 19.5 Å². The number of amides is 3. The summed E-state index contributed by atoms with van der Waals surface area (Å²) >= 11 is 0. The fraction of sp³-hybridized carbons (Fsp3) is 0.667. The van der Waals surface area contributed by atoms with Gasteiger partial charge in [0.2, 0.25) is 11.8 Å². The molecule has 0 saturated heterocycles. The normalized spacial score (nSPS) is 15.0. The first-order chi connectivity index (χ1) is 16.2. The van der Waals surface area contributed by atoms with Gasteiger partial charge < -0.3 is 25.8 Å². The fourth-order valence-electron chi connectivity index (χ4n) is 3.78. The molecule has 8 nitrogen and oxygen atoms in total. The average molecular weight is 492 g/mol. The third kappa shape index (κ3) is 14.4. The largest absolute Gasteiger partial charge is 0.444 e. The van der Waals surface area contributed by atoms with Gasteiger partial charge in [0.15, 0.2) is 0 Å². The Balaban J connectivity index is 2.47. The van der Waals surface area contributed by atoms with Gasteiger partial charge in [-0.3, -0.25) is 9.59 Å². The quantitative estimate of drug-likeness (QED) is 0.334. The first-order valence-corrected chi connectivity index (χ1v) is 12.5. The second-order valence-corrected chi connectivity index (χ2v) is 10.9. The summed E-state index contributed by atoms with van der Waals surface area (Å²) in [5, 5.41) is 19.2. The molecule has 0 aliphatic heterocycles. The highest BCUT2D eigenvalue weighted by Crippen LogP contribution is 2.17. The fourth-order valence-corrected chi connectivity index (χ4v) is 3.78. The molecule has 0 bridgehead atoms. The number of hydrogen-bond donors (Lipinski definition) is 4. The Kier molecular flexibility index (Phi) is 12.8. The number of rotatable bonds is 13. The number of benzene rings is 1. The van der Waals surface area contributed by atoms with Crippen molar-refractivity contribution < 1.29 is 24.2 Å². The third-order valence-electron chi connectivity index (χ3n) is 5.32. The predicted octanol–water partition coefficient (Wildman–Crippen LogP) is 3.91. The van der Waals surface area contributed by atoms with Crippen molar-refractivity contribution in [3.63, 3.8) is 0 Å². The number of ether oxygens (including phenoxy) is 1. The van der Waals surface area contributed by atoms with Crippen LogP contribution in [0, 0.1) is 11.8 Å². The van der Waals surface area contributed by atoms with Crippen LogP contribution in [0.3, 0.4) is 0 Å². The Bertz CT molecular complexity index is 792. The molecule has 0 saturated carbocycles. The predicted molar refractivity (Wildman–Crippen MR) is 138 cm³/mol. The second kappa shape index (κ2) is 14.7. The summed E-state index contributed by atoms with van der Waals surface area (Å²) in [4.78, 5) is 37.0. The van der Waals surface area contributed by atoms with E-state index in [2.05, 4.69) is 16.0 Å². The zero-order valence-electron chi connectivity index (χ0n) is 22.4. The van der Waals surface area contributed by atoms with E-state index in [1.807, 2.05) is 44.2 Å². The van der Waals surface area contributed by atoms with Crippen LogP contribution in [0.1, 0.15) is 79.7 Å². The van der Waals surface area contributed by atoms with Crippen molar-refractivity contribution in [1.82, 2.24) is 16.0 Å². The molecule has 0 aliphatic carbocycles. The lowest BCUT2D eigenvalue weighted by atomic mass is 9.93. The zero-order valence-corrected chi connectivity index (χ0v) is 22.4. The molecule has 0 radical (unpaired) electrons. The first-order valence-electron chi connectivity index (χ1n) is 12.5. The van der Waals surface area contributed by atoms with E-state index in [1.54, 1.807) is 34.6 Å². The van der Waals surface area contributed by atoms with Gasteiger partial charge in [-0.15, -0.1) is 0 Å². The lowest BCUT2D eigenvalue weighted by Gasteiger charge is -2.27. The average Bonchev–Trinajstić information content (AvgIpc) is 2.70. The van der Waals surface area contributed by atoms with Crippen molar-refractivity contribution in [2.75, 3.05) is 0 Å². The molecule has 35 heavy (non-hydrogen) atoms. The molecule has 0 spiro atoms. The Morgan fingerprint density at radius 1 is 0.943 bits per heavy atom. The van der Waals surface area contributed by atoms with Crippen LogP contribution in [0.15, 0.2) is 30.3 Å². The summed E-state index contributed by atoms with van der Waals surface area (Å²) in [6.07, 6.45) is 0.158. The Morgan fingerprint density at radius 2 is 1.57 bits per heavy atom. The molecule has 4 N–H and O–H groups in total. The third-order valence-corrected chi connectivity index (χ3v) is 5.32. The number of hydrogen-bond acceptors (Lipinski definition) is 5. The highest BCUT2D eigenvalue weighted by molar-refractivity contribution is 5.80. The molecule has 1 aromatic rings. The van der Waals surface area contributed by atoms with Crippen molar-refractivity contribution in [2.45, 2.75) is 104 Å². The molecule has 0 heterocycles. The number of alkyl carbamates (subject to hydrolysis) is 1. The van der Waals surface area contributed by atoms with E-state index in [0.29, 0.717) is 25.3 Å². The molecule has 1 aromatic carbocycles. The van der Waals surface area contributed by atoms with Crippen LogP contribution in [0.5, 0.6) is 0 Å². The molecule has 4 atom stereocenters. The van der Waals surface area contributed by atoms with Crippen LogP contribution in [-0.2, 0) is 20.9 Å². The van der Waals surface area contributed by atoms with E-state index in [1.165, 1.54) is 0 Å². The van der Waals surface area contributed by atoms with Crippen molar-refractivity contribution >= 4 is 17.9 Å². The second-order valence-electron chi connectivity index (χ2n) is 10.9. The Labute approximate surface area is 210 Å². The number of carbonyl (C=O) groups is 3. The van der Waals surface area contributed by atoms with Crippen LogP contribution >= 0.6 is 0 Å². The van der Waals surface area contributed by atoms with Gasteiger partial charge in [0, 0.05) is 31.0 Å². The Morgan fingerprint density at radius 3 is 2.14 bits per heavy atom. The first kappa shape index (κ1) is 30.4. The highest BCUT2D eigenvalue weighted by Gasteiger charge is 2.25. The van der Waals surface area contributed by atoms with Crippen molar-refractivity contribution in [3.8, 4) is 0 Å². The SMILES string of the molecule is CC(C)C[C@@H](C[C@@H](O)CC(C)C(=O)N[C@@H](C)CC(=O)NCc1ccccc1)NC(=O)OC(C)(C)C. The van der Waals surface area contributed by atoms with E-state index in [4.69, 9.17) is 4.74 Å². The van der Waals surface area contributed by atoms with E-state index in [0.717, 1.165) is 5.56 Å². The summed E-state index contributed by atoms with van der Waals surface area (Å²) in [5.74, 6) is -0.482. The van der Waals surface area contributed by atoms with Crippen molar-refractivity contribution in [1.29, 1.82) is 0 Å². The molecule has 0 fully saturated rings. The molecule has 0 aromatic heterocycles. The van der Waals surface area contributed by atoms with Gasteiger partial charge in [-0.1, -0.05) is 51.1 Å². The number of aliphatic hydroxyl groups excluding tert-OH is 1. The summed E-state index contributed by atoms with van der Waals surface area (Å²) in [5.41, 5.74) is 0.407. The standard InChI is InChI=1S/C27H45N3O5/c1-18(2)13-22(30-26(34)35-27(5,6)7)16-23(31)14-19(3)25(33)29-20(4)15-24(32)28-17-21-11-9-8-10-12-21/h8-12,18-20,22-23,31H,13-17H2,1-7H3,(H,28,32)(H,29,33)(H,30,34)/t19?,20-,22-,23-/m0/s1. The smallest absolute Gasteiger partial charge is 0.407 e.